The third-order valence-electron chi connectivity index (χ3n) is 3.47. The lowest BCUT2D eigenvalue weighted by atomic mass is 10.2. The number of halogens is 1. The molecule has 2 aromatic carbocycles. The maximum absolute atomic E-state index is 12.4. The minimum Gasteiger partial charge on any atom is -0.384 e. The van der Waals surface area contributed by atoms with Gasteiger partial charge < -0.3 is 5.32 Å². The van der Waals surface area contributed by atoms with Crippen LogP contribution in [0.2, 0.25) is 5.02 Å². The van der Waals surface area contributed by atoms with Crippen molar-refractivity contribution in [3.8, 4) is 6.07 Å². The second-order valence-electron chi connectivity index (χ2n) is 5.40. The Balaban J connectivity index is 1.95. The van der Waals surface area contributed by atoms with Gasteiger partial charge in [-0.25, -0.2) is 13.1 Å². The normalized spacial score (nSPS) is 11.1. The van der Waals surface area contributed by atoms with Crippen LogP contribution in [0.1, 0.15) is 16.7 Å². The third kappa shape index (κ3) is 4.48. The number of benzene rings is 2. The lowest BCUT2D eigenvalue weighted by molar-refractivity contribution is 0.582. The van der Waals surface area contributed by atoms with Crippen LogP contribution >= 0.6 is 11.6 Å². The van der Waals surface area contributed by atoms with Crippen LogP contribution in [-0.2, 0) is 10.0 Å². The van der Waals surface area contributed by atoms with Crippen molar-refractivity contribution < 1.29 is 8.42 Å². The average molecular weight is 364 g/mol. The molecule has 0 saturated carbocycles. The zero-order valence-corrected chi connectivity index (χ0v) is 15.0. The Bertz CT molecular complexity index is 889. The van der Waals surface area contributed by atoms with Crippen LogP contribution in [0.3, 0.4) is 0 Å². The molecule has 0 saturated heterocycles. The zero-order valence-electron chi connectivity index (χ0n) is 13.4. The van der Waals surface area contributed by atoms with E-state index in [0.717, 1.165) is 11.3 Å². The zero-order chi connectivity index (χ0) is 17.7. The summed E-state index contributed by atoms with van der Waals surface area (Å²) in [5, 5.41) is 12.3. The molecule has 0 aliphatic rings. The van der Waals surface area contributed by atoms with E-state index >= 15 is 0 Å². The molecule has 126 valence electrons. The first-order valence-electron chi connectivity index (χ1n) is 7.34. The number of rotatable bonds is 6. The summed E-state index contributed by atoms with van der Waals surface area (Å²) in [6.07, 6.45) is 0. The highest BCUT2D eigenvalue weighted by molar-refractivity contribution is 7.89. The molecule has 7 heteroatoms. The van der Waals surface area contributed by atoms with Gasteiger partial charge in [0.1, 0.15) is 6.07 Å². The molecule has 0 fully saturated rings. The summed E-state index contributed by atoms with van der Waals surface area (Å²) in [5.74, 6) is 0. The smallest absolute Gasteiger partial charge is 0.240 e. The van der Waals surface area contributed by atoms with Gasteiger partial charge in [-0.15, -0.1) is 0 Å². The number of aryl methyl sites for hydroxylation is 2. The highest BCUT2D eigenvalue weighted by atomic mass is 35.5. The summed E-state index contributed by atoms with van der Waals surface area (Å²) in [6.45, 7) is 4.25. The van der Waals surface area contributed by atoms with Gasteiger partial charge in [0.05, 0.1) is 15.5 Å². The largest absolute Gasteiger partial charge is 0.384 e. The predicted octanol–water partition coefficient (Wildman–Crippen LogP) is 3.22. The topological polar surface area (TPSA) is 82.0 Å². The Morgan fingerprint density at radius 3 is 2.54 bits per heavy atom. The maximum atomic E-state index is 12.4. The van der Waals surface area contributed by atoms with Crippen LogP contribution in [0.5, 0.6) is 0 Å². The monoisotopic (exact) mass is 363 g/mol. The lowest BCUT2D eigenvalue weighted by Gasteiger charge is -2.11. The van der Waals surface area contributed by atoms with E-state index in [4.69, 9.17) is 16.9 Å². The maximum Gasteiger partial charge on any atom is 0.240 e. The number of hydrogen-bond acceptors (Lipinski definition) is 4. The summed E-state index contributed by atoms with van der Waals surface area (Å²) in [4.78, 5) is 0.295. The Hall–Kier alpha value is -2.07. The second kappa shape index (κ2) is 7.67. The van der Waals surface area contributed by atoms with Crippen LogP contribution in [-0.4, -0.2) is 21.5 Å². The first-order valence-corrected chi connectivity index (χ1v) is 9.20. The van der Waals surface area contributed by atoms with Crippen LogP contribution in [0, 0.1) is 25.2 Å². The van der Waals surface area contributed by atoms with Gasteiger partial charge in [0.15, 0.2) is 0 Å². The summed E-state index contributed by atoms with van der Waals surface area (Å²) in [7, 11) is -3.55. The molecule has 0 amide bonds. The fourth-order valence-corrected chi connectivity index (χ4v) is 3.76. The van der Waals surface area contributed by atoms with Crippen molar-refractivity contribution >= 4 is 27.3 Å². The first-order chi connectivity index (χ1) is 11.3. The summed E-state index contributed by atoms with van der Waals surface area (Å²) in [5.41, 5.74) is 2.73. The third-order valence-corrected chi connectivity index (χ3v) is 5.38. The predicted molar refractivity (Wildman–Crippen MR) is 95.8 cm³/mol. The lowest BCUT2D eigenvalue weighted by Crippen LogP contribution is -2.29. The van der Waals surface area contributed by atoms with Crippen molar-refractivity contribution in [2.24, 2.45) is 0 Å². The molecule has 0 unspecified atom stereocenters. The van der Waals surface area contributed by atoms with E-state index in [9.17, 15) is 8.42 Å². The molecule has 0 spiro atoms. The number of nitrogens with zero attached hydrogens (tertiary/aromatic N) is 1. The number of sulfonamides is 1. The molecular formula is C17H18ClN3O2S. The molecule has 2 rings (SSSR count). The van der Waals surface area contributed by atoms with Crippen LogP contribution < -0.4 is 10.0 Å². The molecule has 0 aliphatic carbocycles. The fraction of sp³-hybridized carbons (Fsp3) is 0.235. The first kappa shape index (κ1) is 18.3. The highest BCUT2D eigenvalue weighted by Gasteiger charge is 2.16. The van der Waals surface area contributed by atoms with Gasteiger partial charge in [0.2, 0.25) is 10.0 Å². The standard InChI is InChI=1S/C17H18ClN3O2S/c1-12-3-4-13(2)17(9-12)24(22,23)21-8-7-20-15-6-5-14(11-19)16(18)10-15/h3-6,9-10,20-21H,7-8H2,1-2H3. The van der Waals surface area contributed by atoms with E-state index in [0.29, 0.717) is 27.6 Å². The van der Waals surface area contributed by atoms with E-state index in [-0.39, 0.29) is 6.54 Å². The molecule has 0 aromatic heterocycles. The molecule has 24 heavy (non-hydrogen) atoms. The Morgan fingerprint density at radius 2 is 1.88 bits per heavy atom. The van der Waals surface area contributed by atoms with Gasteiger partial charge >= 0.3 is 0 Å². The quantitative estimate of drug-likeness (QED) is 0.772. The van der Waals surface area contributed by atoms with Gasteiger partial charge in [0.25, 0.3) is 0 Å². The van der Waals surface area contributed by atoms with Crippen molar-refractivity contribution in [1.82, 2.24) is 4.72 Å². The molecule has 2 N–H and O–H groups in total. The SMILES string of the molecule is Cc1ccc(C)c(S(=O)(=O)NCCNc2ccc(C#N)c(Cl)c2)c1. The average Bonchev–Trinajstić information content (AvgIpc) is 2.54. The highest BCUT2D eigenvalue weighted by Crippen LogP contribution is 2.20. The van der Waals surface area contributed by atoms with Crippen LogP contribution in [0.4, 0.5) is 5.69 Å². The van der Waals surface area contributed by atoms with Crippen molar-refractivity contribution in [3.63, 3.8) is 0 Å². The van der Waals surface area contributed by atoms with Gasteiger partial charge in [-0.3, -0.25) is 0 Å². The Labute approximate surface area is 147 Å². The molecule has 0 heterocycles. The summed E-state index contributed by atoms with van der Waals surface area (Å²) < 4.78 is 27.3. The van der Waals surface area contributed by atoms with Crippen molar-refractivity contribution in [2.75, 3.05) is 18.4 Å². The van der Waals surface area contributed by atoms with E-state index in [1.54, 1.807) is 37.3 Å². The molecule has 0 bridgehead atoms. The van der Waals surface area contributed by atoms with Gasteiger partial charge in [0, 0.05) is 18.8 Å². The molecule has 0 aliphatic heterocycles. The second-order valence-corrected chi connectivity index (χ2v) is 7.54. The van der Waals surface area contributed by atoms with E-state index < -0.39 is 10.0 Å². The minimum absolute atomic E-state index is 0.229. The number of nitrogens with one attached hydrogen (secondary N) is 2. The van der Waals surface area contributed by atoms with Crippen molar-refractivity contribution in [2.45, 2.75) is 18.7 Å². The molecule has 2 aromatic rings. The van der Waals surface area contributed by atoms with Crippen molar-refractivity contribution in [1.29, 1.82) is 5.26 Å². The molecular weight excluding hydrogens is 346 g/mol. The number of hydrogen-bond donors (Lipinski definition) is 2. The summed E-state index contributed by atoms with van der Waals surface area (Å²) in [6, 6.07) is 12.3. The molecule has 5 nitrogen and oxygen atoms in total. The van der Waals surface area contributed by atoms with Crippen molar-refractivity contribution in [3.05, 3.63) is 58.1 Å². The Morgan fingerprint density at radius 1 is 1.12 bits per heavy atom. The minimum atomic E-state index is -3.55. The van der Waals surface area contributed by atoms with Crippen LogP contribution in [0.15, 0.2) is 41.3 Å². The van der Waals surface area contributed by atoms with Gasteiger partial charge in [-0.2, -0.15) is 5.26 Å². The summed E-state index contributed by atoms with van der Waals surface area (Å²) >= 11 is 5.95. The van der Waals surface area contributed by atoms with Gasteiger partial charge in [-0.05, 0) is 49.2 Å². The van der Waals surface area contributed by atoms with E-state index in [2.05, 4.69) is 10.0 Å². The fourth-order valence-electron chi connectivity index (χ4n) is 2.18. The molecule has 0 atom stereocenters. The van der Waals surface area contributed by atoms with Crippen LogP contribution in [0.25, 0.3) is 0 Å². The number of nitriles is 1. The Kier molecular flexibility index (Phi) is 5.84. The van der Waals surface area contributed by atoms with Gasteiger partial charge in [-0.1, -0.05) is 23.7 Å². The molecule has 0 radical (unpaired) electrons. The number of anilines is 1. The van der Waals surface area contributed by atoms with E-state index in [1.807, 2.05) is 19.1 Å². The van der Waals surface area contributed by atoms with E-state index in [1.165, 1.54) is 0 Å².